The molecule has 0 aliphatic heterocycles. The Bertz CT molecular complexity index is 1450. The number of anilines is 1. The average molecular weight is 584 g/mol. The lowest BCUT2D eigenvalue weighted by Crippen LogP contribution is -2.52. The van der Waals surface area contributed by atoms with Crippen LogP contribution >= 0.6 is 0 Å². The molecule has 0 fully saturated rings. The van der Waals surface area contributed by atoms with Crippen molar-refractivity contribution in [1.29, 1.82) is 0 Å². The summed E-state index contributed by atoms with van der Waals surface area (Å²) in [4.78, 5) is 28.3. The van der Waals surface area contributed by atoms with E-state index < -0.39 is 40.2 Å². The summed E-state index contributed by atoms with van der Waals surface area (Å²) >= 11 is 0. The van der Waals surface area contributed by atoms with E-state index in [-0.39, 0.29) is 41.1 Å². The van der Waals surface area contributed by atoms with Gasteiger partial charge in [-0.3, -0.25) is 13.9 Å². The molecule has 0 unspecified atom stereocenters. The van der Waals surface area contributed by atoms with Crippen molar-refractivity contribution in [1.82, 2.24) is 10.2 Å². The maximum Gasteiger partial charge on any atom is 0.264 e. The van der Waals surface area contributed by atoms with Crippen molar-refractivity contribution in [2.24, 2.45) is 0 Å². The fraction of sp³-hybridized carbons (Fsp3) is 0.355. The number of rotatable bonds is 13. The number of hydrogen-bond donors (Lipinski definition) is 1. The molecule has 8 nitrogen and oxygen atoms in total. The van der Waals surface area contributed by atoms with Crippen LogP contribution in [0.1, 0.15) is 45.2 Å². The molecule has 0 saturated heterocycles. The molecule has 1 N–H and O–H groups in total. The minimum Gasteiger partial charge on any atom is -0.492 e. The molecule has 0 aliphatic carbocycles. The summed E-state index contributed by atoms with van der Waals surface area (Å²) < 4.78 is 49.4. The summed E-state index contributed by atoms with van der Waals surface area (Å²) in [5, 5.41) is 2.86. The first-order chi connectivity index (χ1) is 19.5. The summed E-state index contributed by atoms with van der Waals surface area (Å²) in [5.41, 5.74) is 1.25. The molecule has 0 heterocycles. The molecule has 3 aromatic carbocycles. The highest BCUT2D eigenvalue weighted by atomic mass is 32.2. The molecule has 10 heteroatoms. The molecule has 0 aromatic heterocycles. The molecule has 3 rings (SSSR count). The number of amides is 2. The Morgan fingerprint density at radius 2 is 1.59 bits per heavy atom. The van der Waals surface area contributed by atoms with Crippen LogP contribution in [0.5, 0.6) is 5.75 Å². The Morgan fingerprint density at radius 1 is 0.951 bits per heavy atom. The number of sulfonamides is 1. The second-order valence-electron chi connectivity index (χ2n) is 9.83. The zero-order chi connectivity index (χ0) is 30.2. The third kappa shape index (κ3) is 7.85. The Hall–Kier alpha value is -3.92. The van der Waals surface area contributed by atoms with Crippen LogP contribution in [0.15, 0.2) is 77.7 Å². The van der Waals surface area contributed by atoms with E-state index in [0.717, 1.165) is 9.87 Å². The minimum absolute atomic E-state index is 0.00887. The molecule has 220 valence electrons. The highest BCUT2D eigenvalue weighted by molar-refractivity contribution is 7.92. The quantitative estimate of drug-likeness (QED) is 0.304. The number of nitrogens with zero attached hydrogens (tertiary/aromatic N) is 2. The molecule has 0 aliphatic rings. The fourth-order valence-electron chi connectivity index (χ4n) is 4.15. The zero-order valence-corrected chi connectivity index (χ0v) is 24.9. The van der Waals surface area contributed by atoms with Crippen molar-refractivity contribution in [2.75, 3.05) is 17.5 Å². The Kier molecular flexibility index (Phi) is 10.9. The lowest BCUT2D eigenvalue weighted by atomic mass is 10.1. The molecule has 2 amide bonds. The monoisotopic (exact) mass is 583 g/mol. The van der Waals surface area contributed by atoms with Gasteiger partial charge in [-0.05, 0) is 64.4 Å². The molecule has 2 atom stereocenters. The van der Waals surface area contributed by atoms with Crippen LogP contribution in [0.25, 0.3) is 0 Å². The molecule has 0 radical (unpaired) electrons. The topological polar surface area (TPSA) is 96.0 Å². The molecule has 0 spiro atoms. The number of nitrogens with one attached hydrogen (secondary N) is 1. The molecule has 41 heavy (non-hydrogen) atoms. The minimum atomic E-state index is -4.26. The van der Waals surface area contributed by atoms with Gasteiger partial charge >= 0.3 is 0 Å². The summed E-state index contributed by atoms with van der Waals surface area (Å²) in [6, 6.07) is 17.7. The van der Waals surface area contributed by atoms with Crippen molar-refractivity contribution in [3.63, 3.8) is 0 Å². The van der Waals surface area contributed by atoms with Crippen LogP contribution in [0.3, 0.4) is 0 Å². The number of ether oxygens (including phenoxy) is 1. The van der Waals surface area contributed by atoms with E-state index in [9.17, 15) is 22.4 Å². The number of para-hydroxylation sites is 2. The van der Waals surface area contributed by atoms with E-state index in [0.29, 0.717) is 6.42 Å². The van der Waals surface area contributed by atoms with E-state index in [1.54, 1.807) is 56.3 Å². The van der Waals surface area contributed by atoms with Gasteiger partial charge in [-0.1, -0.05) is 55.0 Å². The summed E-state index contributed by atoms with van der Waals surface area (Å²) in [6.45, 7) is 8.32. The second kappa shape index (κ2) is 14.1. The first kappa shape index (κ1) is 31.6. The van der Waals surface area contributed by atoms with Gasteiger partial charge in [-0.2, -0.15) is 0 Å². The van der Waals surface area contributed by atoms with Crippen LogP contribution in [-0.2, 0) is 26.2 Å². The SMILES string of the molecule is CCOc1ccccc1N(CC(=O)N(Cc1ccccc1F)[C@@H](C)C(=O)N[C@@H](C)CC)S(=O)(=O)c1ccc(C)cc1. The maximum atomic E-state index is 14.7. The molecule has 3 aromatic rings. The predicted octanol–water partition coefficient (Wildman–Crippen LogP) is 5.06. The molecular weight excluding hydrogens is 545 g/mol. The Morgan fingerprint density at radius 3 is 2.22 bits per heavy atom. The van der Waals surface area contributed by atoms with Crippen LogP contribution < -0.4 is 14.4 Å². The molecule has 0 bridgehead atoms. The summed E-state index contributed by atoms with van der Waals surface area (Å²) in [6.07, 6.45) is 0.677. The first-order valence-electron chi connectivity index (χ1n) is 13.6. The van der Waals surface area contributed by atoms with Crippen LogP contribution in [0.4, 0.5) is 10.1 Å². The van der Waals surface area contributed by atoms with Gasteiger partial charge < -0.3 is 15.0 Å². The van der Waals surface area contributed by atoms with Crippen molar-refractivity contribution in [3.05, 3.63) is 89.7 Å². The van der Waals surface area contributed by atoms with E-state index >= 15 is 0 Å². The van der Waals surface area contributed by atoms with Gasteiger partial charge in [0.15, 0.2) is 0 Å². The van der Waals surface area contributed by atoms with Gasteiger partial charge in [-0.15, -0.1) is 0 Å². The maximum absolute atomic E-state index is 14.7. The van der Waals surface area contributed by atoms with Crippen LogP contribution in [0.2, 0.25) is 0 Å². The van der Waals surface area contributed by atoms with Crippen molar-refractivity contribution >= 4 is 27.5 Å². The third-order valence-corrected chi connectivity index (χ3v) is 8.56. The van der Waals surface area contributed by atoms with Gasteiger partial charge in [0, 0.05) is 18.2 Å². The van der Waals surface area contributed by atoms with E-state index in [1.807, 2.05) is 20.8 Å². The molecular formula is C31H38FN3O5S. The second-order valence-corrected chi connectivity index (χ2v) is 11.7. The van der Waals surface area contributed by atoms with Crippen LogP contribution in [-0.4, -0.2) is 50.4 Å². The van der Waals surface area contributed by atoms with E-state index in [1.165, 1.54) is 35.2 Å². The Balaban J connectivity index is 2.09. The zero-order valence-electron chi connectivity index (χ0n) is 24.1. The third-order valence-electron chi connectivity index (χ3n) is 6.79. The smallest absolute Gasteiger partial charge is 0.264 e. The van der Waals surface area contributed by atoms with Crippen molar-refractivity contribution < 1.29 is 27.1 Å². The first-order valence-corrected chi connectivity index (χ1v) is 15.1. The molecule has 0 saturated carbocycles. The van der Waals surface area contributed by atoms with Gasteiger partial charge in [-0.25, -0.2) is 12.8 Å². The average Bonchev–Trinajstić information content (AvgIpc) is 2.95. The van der Waals surface area contributed by atoms with Gasteiger partial charge in [0.2, 0.25) is 11.8 Å². The Labute approximate surface area is 242 Å². The van der Waals surface area contributed by atoms with Gasteiger partial charge in [0.05, 0.1) is 17.2 Å². The highest BCUT2D eigenvalue weighted by Gasteiger charge is 2.34. The number of carbonyl (C=O) groups is 2. The number of benzene rings is 3. The number of hydrogen-bond acceptors (Lipinski definition) is 5. The lowest BCUT2D eigenvalue weighted by molar-refractivity contribution is -0.139. The lowest BCUT2D eigenvalue weighted by Gasteiger charge is -2.33. The number of carbonyl (C=O) groups excluding carboxylic acids is 2. The summed E-state index contributed by atoms with van der Waals surface area (Å²) in [7, 11) is -4.26. The number of halogens is 1. The highest BCUT2D eigenvalue weighted by Crippen LogP contribution is 2.33. The van der Waals surface area contributed by atoms with Gasteiger partial charge in [0.1, 0.15) is 24.2 Å². The van der Waals surface area contributed by atoms with Crippen molar-refractivity contribution in [2.45, 2.75) is 64.6 Å². The standard InChI is InChI=1S/C31H38FN3O5S/c1-6-23(4)33-31(37)24(5)34(20-25-12-8-9-13-27(25)32)30(36)21-35(28-14-10-11-15-29(28)40-7-2)41(38,39)26-18-16-22(3)17-19-26/h8-19,23-24H,6-7,20-21H2,1-5H3,(H,33,37)/t23-,24-/m0/s1. The fourth-order valence-corrected chi connectivity index (χ4v) is 5.57. The largest absolute Gasteiger partial charge is 0.492 e. The van der Waals surface area contributed by atoms with E-state index in [4.69, 9.17) is 4.74 Å². The summed E-state index contributed by atoms with van der Waals surface area (Å²) in [5.74, 6) is -1.36. The normalized spacial score (nSPS) is 12.7. The van der Waals surface area contributed by atoms with Crippen LogP contribution in [0, 0.1) is 12.7 Å². The van der Waals surface area contributed by atoms with E-state index in [2.05, 4.69) is 5.32 Å². The van der Waals surface area contributed by atoms with Crippen molar-refractivity contribution in [3.8, 4) is 5.75 Å². The predicted molar refractivity (Wildman–Crippen MR) is 158 cm³/mol. The van der Waals surface area contributed by atoms with Gasteiger partial charge in [0.25, 0.3) is 10.0 Å². The number of aryl methyl sites for hydroxylation is 1.